The molecule has 0 saturated carbocycles. The van der Waals surface area contributed by atoms with Crippen molar-refractivity contribution < 1.29 is 67.3 Å². The molecule has 39 heteroatoms. The van der Waals surface area contributed by atoms with Gasteiger partial charge in [-0.05, 0) is 62.6 Å². The van der Waals surface area contributed by atoms with E-state index in [2.05, 4.69) is 101 Å². The number of carbonyl (C=O) groups excluding carboxylic acids is 5. The number of morpholine rings is 2. The van der Waals surface area contributed by atoms with Crippen LogP contribution in [-0.4, -0.2) is 398 Å². The molecule has 4 heterocycles. The van der Waals surface area contributed by atoms with Crippen LogP contribution in [0.1, 0.15) is 48.5 Å². The quantitative estimate of drug-likeness (QED) is 0.0714. The lowest BCUT2D eigenvalue weighted by Crippen LogP contribution is -2.50. The number of ether oxygens (including phenoxy) is 2. The molecule has 568 valence electrons. The van der Waals surface area contributed by atoms with E-state index in [1.165, 1.54) is 59.6 Å². The van der Waals surface area contributed by atoms with Gasteiger partial charge in [0, 0.05) is 156 Å². The monoisotopic (exact) mass is 1440 g/mol. The Balaban J connectivity index is 0. The van der Waals surface area contributed by atoms with Gasteiger partial charge in [-0.2, -0.15) is 20.4 Å². The van der Waals surface area contributed by atoms with Gasteiger partial charge in [-0.25, -0.2) is 0 Å². The van der Waals surface area contributed by atoms with Crippen LogP contribution in [0.5, 0.6) is 0 Å². The lowest BCUT2D eigenvalue weighted by atomic mass is 10.2. The van der Waals surface area contributed by atoms with E-state index in [1.807, 2.05) is 25.9 Å². The highest BCUT2D eigenvalue weighted by molar-refractivity contribution is 7.82. The molecule has 0 aromatic carbocycles. The van der Waals surface area contributed by atoms with Gasteiger partial charge in [0.25, 0.3) is 29.5 Å². The third-order valence-corrected chi connectivity index (χ3v) is 13.6. The van der Waals surface area contributed by atoms with Crippen LogP contribution in [0.4, 0.5) is 0 Å². The number of oxime groups is 7. The minimum Gasteiger partial charge on any atom is -0.399 e. The van der Waals surface area contributed by atoms with Crippen LogP contribution >= 0.6 is 12.2 Å². The van der Waals surface area contributed by atoms with E-state index in [9.17, 15) is 24.0 Å². The number of nitrogens with one attached hydrogen (secondary N) is 2. The Bertz CT molecular complexity index is 2820. The molecule has 0 spiro atoms. The Hall–Kier alpha value is -9.08. The Morgan fingerprint density at radius 3 is 1.02 bits per heavy atom. The summed E-state index contributed by atoms with van der Waals surface area (Å²) in [6.45, 7) is 24.2. The Morgan fingerprint density at radius 1 is 0.390 bits per heavy atom. The molecule has 4 saturated heterocycles. The summed E-state index contributed by atoms with van der Waals surface area (Å²) in [4.78, 5) is 112. The van der Waals surface area contributed by atoms with E-state index < -0.39 is 0 Å². The predicted molar refractivity (Wildman–Crippen MR) is 396 cm³/mol. The molecule has 0 aromatic rings. The van der Waals surface area contributed by atoms with Gasteiger partial charge in [-0.3, -0.25) is 29.0 Å². The molecular formula is C61H114N24O14S. The highest BCUT2D eigenvalue weighted by Crippen LogP contribution is 2.07. The zero-order valence-electron chi connectivity index (χ0n) is 64.0. The molecule has 4 rings (SSSR count). The minimum atomic E-state index is -0.224. The Kier molecular flexibility index (Phi) is 50.1. The molecule has 4 fully saturated rings. The number of hydrogen-bond acceptors (Lipinski definition) is 33. The summed E-state index contributed by atoms with van der Waals surface area (Å²) in [5.74, 6) is -0.746. The van der Waals surface area contributed by atoms with E-state index in [-0.39, 0.29) is 41.0 Å². The molecule has 0 unspecified atom stereocenters. The lowest BCUT2D eigenvalue weighted by molar-refractivity contribution is -0.128. The van der Waals surface area contributed by atoms with Crippen molar-refractivity contribution in [3.05, 3.63) is 0 Å². The van der Waals surface area contributed by atoms with Gasteiger partial charge < -0.3 is 103 Å². The van der Waals surface area contributed by atoms with Gasteiger partial charge in [-0.15, -0.1) is 0 Å². The zero-order chi connectivity index (χ0) is 76.5. The van der Waals surface area contributed by atoms with Crippen LogP contribution in [0.3, 0.4) is 0 Å². The van der Waals surface area contributed by atoms with E-state index in [0.717, 1.165) is 39.3 Å². The fourth-order valence-corrected chi connectivity index (χ4v) is 8.60. The average molecular weight is 1440 g/mol. The topological polar surface area (TPSA) is 373 Å². The van der Waals surface area contributed by atoms with Crippen LogP contribution < -0.4 is 10.9 Å². The second kappa shape index (κ2) is 53.8. The average Bonchev–Trinajstić information content (AvgIpc) is 0.868. The molecule has 0 atom stereocenters. The fraction of sp³-hybridized carbons (Fsp3) is 0.705. The van der Waals surface area contributed by atoms with E-state index in [4.69, 9.17) is 36.2 Å². The maximum absolute atomic E-state index is 12.5. The molecule has 4 aliphatic rings. The number of amides is 5. The summed E-state index contributed by atoms with van der Waals surface area (Å²) in [7, 11) is 31.1. The Morgan fingerprint density at radius 2 is 0.670 bits per heavy atom. The highest BCUT2D eigenvalue weighted by atomic mass is 32.1. The largest absolute Gasteiger partial charge is 0.399 e. The first-order valence-electron chi connectivity index (χ1n) is 31.7. The van der Waals surface area contributed by atoms with Gasteiger partial charge in [0.2, 0.25) is 0 Å². The summed E-state index contributed by atoms with van der Waals surface area (Å²) in [5.41, 5.74) is 10.1. The maximum Gasteiger partial charge on any atom is 0.276 e. The number of carbonyl (C=O) groups is 5. The van der Waals surface area contributed by atoms with Crippen LogP contribution in [-0.2, 0) is 67.3 Å². The molecule has 38 nitrogen and oxygen atoms in total. The van der Waals surface area contributed by atoms with Crippen LogP contribution in [0, 0.1) is 0 Å². The number of piperazine rings is 2. The smallest absolute Gasteiger partial charge is 0.276 e. The first-order valence-corrected chi connectivity index (χ1v) is 32.1. The molecular weight excluding hydrogens is 1320 g/mol. The molecule has 100 heavy (non-hydrogen) atoms. The molecule has 0 bridgehead atoms. The highest BCUT2D eigenvalue weighted by Gasteiger charge is 2.29. The van der Waals surface area contributed by atoms with Gasteiger partial charge >= 0.3 is 0 Å². The predicted octanol–water partition coefficient (Wildman–Crippen LogP) is -0.256. The van der Waals surface area contributed by atoms with E-state index >= 15 is 0 Å². The summed E-state index contributed by atoms with van der Waals surface area (Å²) in [5, 5.41) is 45.6. The zero-order valence-corrected chi connectivity index (χ0v) is 64.8. The van der Waals surface area contributed by atoms with Crippen molar-refractivity contribution in [3.63, 3.8) is 0 Å². The SMILES string of the molecule is CCN=C(C(=O)N1CCOCC1)C(C)=NOC.CNN=C(C(=O)N(C)C)C(C)=NOC.CNN=C(C(=O)N1CCN(C)CC1)C(C)=NOC.CON=C(C)C(=NN(C)C)C(=O)N(C)C.CON=C(C)C(=NN(C)C)C(=O)N1CCN(C)CC1.CON=C(C)C(=NOC)C(=S)N1CCOCC1. The first kappa shape index (κ1) is 93.0. The van der Waals surface area contributed by atoms with Crippen molar-refractivity contribution in [3.8, 4) is 0 Å². The van der Waals surface area contributed by atoms with Crippen molar-refractivity contribution >= 4 is 115 Å². The fourth-order valence-electron chi connectivity index (χ4n) is 8.23. The van der Waals surface area contributed by atoms with E-state index in [1.54, 1.807) is 137 Å². The normalized spacial score (nSPS) is 16.6. The number of nitrogens with zero attached hydrogens (tertiary/aromatic N) is 22. The van der Waals surface area contributed by atoms with Crippen LogP contribution in [0.15, 0.2) is 61.5 Å². The van der Waals surface area contributed by atoms with Gasteiger partial charge in [0.15, 0.2) is 28.6 Å². The molecule has 4 aliphatic heterocycles. The summed E-state index contributed by atoms with van der Waals surface area (Å²) in [6, 6.07) is 0. The first-order chi connectivity index (χ1) is 47.4. The molecule has 2 N–H and O–H groups in total. The second-order valence-electron chi connectivity index (χ2n) is 22.0. The molecule has 0 radical (unpaired) electrons. The van der Waals surface area contributed by atoms with Crippen molar-refractivity contribution in [1.82, 2.24) is 60.1 Å². The van der Waals surface area contributed by atoms with Crippen LogP contribution in [0.2, 0.25) is 0 Å². The van der Waals surface area contributed by atoms with Crippen molar-refractivity contribution in [2.24, 2.45) is 61.5 Å². The van der Waals surface area contributed by atoms with Crippen molar-refractivity contribution in [2.45, 2.75) is 48.5 Å². The molecule has 5 amide bonds. The third-order valence-electron chi connectivity index (χ3n) is 13.2. The Labute approximate surface area is 596 Å². The summed E-state index contributed by atoms with van der Waals surface area (Å²) in [6.07, 6.45) is 0. The minimum absolute atomic E-state index is 0.0971. The van der Waals surface area contributed by atoms with E-state index in [0.29, 0.717) is 134 Å². The van der Waals surface area contributed by atoms with Crippen molar-refractivity contribution in [2.75, 3.05) is 246 Å². The summed E-state index contributed by atoms with van der Waals surface area (Å²) >= 11 is 5.37. The molecule has 0 aliphatic carbocycles. The maximum atomic E-state index is 12.5. The number of rotatable bonds is 24. The van der Waals surface area contributed by atoms with Crippen LogP contribution in [0.25, 0.3) is 0 Å². The number of aliphatic imine (C=N–C) groups is 1. The summed E-state index contributed by atoms with van der Waals surface area (Å²) < 4.78 is 10.5. The standard InChI is InChI=1S/C12H23N5O2.C11H21N5O2.C11H19N3O3.C10H17N3O3S.C9H18N4O2.C8H16N4O2/c1-10(14-19-5)11(13-15(2)3)12(18)17-8-6-16(4)7-9-17;1-9(14-18-4)10(13-12-2)11(17)16-7-5-15(3)6-8-16;1-4-12-10(9(2)13-16-3)11(15)14-5-7-17-8-6-14;1-8(11-14-2)9(12-15-3)10(17)13-4-6-16-7-5-13;1-7(11-15-6)8(10-13(4)5)9(14)12(2)3;1-6(11-14-5)7(10-9-2)8(13)12(3)4/h6-9H2,1-5H3;12H,5-8H2,1-4H3;4-8H2,1-3H3;4-7H2,1-3H3;1-6H3;9H,1-5H3. The number of hydrogen-bond donors (Lipinski definition) is 2. The second-order valence-corrected chi connectivity index (χ2v) is 22.3. The number of hydrazone groups is 4. The number of likely N-dealkylation sites (N-methyl/N-ethyl adjacent to an activating group) is 2. The van der Waals surface area contributed by atoms with Gasteiger partial charge in [-0.1, -0.05) is 48.3 Å². The molecule has 0 aromatic heterocycles. The van der Waals surface area contributed by atoms with Gasteiger partial charge in [0.1, 0.15) is 94.7 Å². The third kappa shape index (κ3) is 36.7. The number of thiocarbonyl (C=S) groups is 1. The van der Waals surface area contributed by atoms with Crippen molar-refractivity contribution in [1.29, 1.82) is 0 Å². The lowest BCUT2D eigenvalue weighted by Gasteiger charge is -2.32. The van der Waals surface area contributed by atoms with Gasteiger partial charge in [0.05, 0.1) is 26.4 Å².